The summed E-state index contributed by atoms with van der Waals surface area (Å²) in [5, 5.41) is 21.3. The quantitative estimate of drug-likeness (QED) is 0.529. The molecule has 174 valence electrons. The van der Waals surface area contributed by atoms with Crippen LogP contribution in [0.15, 0.2) is 36.8 Å². The zero-order valence-electron chi connectivity index (χ0n) is 19.0. The summed E-state index contributed by atoms with van der Waals surface area (Å²) in [4.78, 5) is 22.2. The highest BCUT2D eigenvalue weighted by Crippen LogP contribution is 2.33. The van der Waals surface area contributed by atoms with E-state index >= 15 is 0 Å². The molecule has 1 amide bonds. The molecule has 9 nitrogen and oxygen atoms in total. The number of carbonyl (C=O) groups is 1. The maximum Gasteiger partial charge on any atom is 0.255 e. The first-order chi connectivity index (χ1) is 15.9. The Balaban J connectivity index is 1.37. The monoisotopic (exact) mass is 450 g/mol. The van der Waals surface area contributed by atoms with Crippen molar-refractivity contribution in [2.45, 2.75) is 57.2 Å². The van der Waals surface area contributed by atoms with Gasteiger partial charge in [-0.25, -0.2) is 9.50 Å². The van der Waals surface area contributed by atoms with Crippen molar-refractivity contribution in [1.29, 1.82) is 0 Å². The largest absolute Gasteiger partial charge is 0.390 e. The Morgan fingerprint density at radius 3 is 2.64 bits per heavy atom. The van der Waals surface area contributed by atoms with Crippen LogP contribution >= 0.6 is 0 Å². The van der Waals surface area contributed by atoms with Crippen molar-refractivity contribution in [1.82, 2.24) is 24.9 Å². The molecule has 3 aromatic rings. The molecular weight excluding hydrogens is 420 g/mol. The van der Waals surface area contributed by atoms with Crippen molar-refractivity contribution in [3.63, 3.8) is 0 Å². The Labute approximate surface area is 192 Å². The molecule has 3 N–H and O–H groups in total. The molecule has 1 aliphatic heterocycles. The lowest BCUT2D eigenvalue weighted by atomic mass is 9.77. The highest BCUT2D eigenvalue weighted by atomic mass is 16.5. The zero-order chi connectivity index (χ0) is 23.0. The molecule has 0 atom stereocenters. The Morgan fingerprint density at radius 1 is 1.15 bits per heavy atom. The van der Waals surface area contributed by atoms with E-state index in [1.165, 1.54) is 0 Å². The molecule has 0 radical (unpaired) electrons. The van der Waals surface area contributed by atoms with Gasteiger partial charge in [-0.15, -0.1) is 0 Å². The number of fused-ring (bicyclic) bond motifs is 1. The van der Waals surface area contributed by atoms with Crippen LogP contribution in [0.3, 0.4) is 0 Å². The molecule has 1 saturated carbocycles. The molecule has 1 aliphatic carbocycles. The number of aromatic nitrogens is 4. The van der Waals surface area contributed by atoms with Crippen molar-refractivity contribution in [2.75, 3.05) is 18.5 Å². The Kier molecular flexibility index (Phi) is 5.76. The maximum atomic E-state index is 13.2. The van der Waals surface area contributed by atoms with Crippen LogP contribution in [-0.2, 0) is 4.74 Å². The zero-order valence-corrected chi connectivity index (χ0v) is 19.0. The second kappa shape index (κ2) is 8.72. The lowest BCUT2D eigenvalue weighted by Crippen LogP contribution is -2.43. The Morgan fingerprint density at radius 2 is 1.94 bits per heavy atom. The Bertz CT molecular complexity index is 1140. The van der Waals surface area contributed by atoms with Gasteiger partial charge in [-0.3, -0.25) is 9.78 Å². The number of pyridine rings is 1. The van der Waals surface area contributed by atoms with Crippen LogP contribution in [0.1, 0.15) is 49.9 Å². The number of ether oxygens (including phenoxy) is 1. The smallest absolute Gasteiger partial charge is 0.255 e. The van der Waals surface area contributed by atoms with Crippen LogP contribution < -0.4 is 10.6 Å². The van der Waals surface area contributed by atoms with Crippen LogP contribution in [0.2, 0.25) is 0 Å². The van der Waals surface area contributed by atoms with E-state index in [-0.39, 0.29) is 23.9 Å². The molecule has 0 unspecified atom stereocenters. The number of hydrogen-bond acceptors (Lipinski definition) is 7. The van der Waals surface area contributed by atoms with Crippen LogP contribution in [-0.4, -0.2) is 61.5 Å². The van der Waals surface area contributed by atoms with Gasteiger partial charge in [0.15, 0.2) is 5.65 Å². The second-order valence-electron chi connectivity index (χ2n) is 9.61. The molecule has 0 bridgehead atoms. The van der Waals surface area contributed by atoms with Crippen LogP contribution in [0, 0.1) is 5.92 Å². The SMILES string of the molecule is CC(C)(O)C1CCC(NC(=O)c2cnc(-c3cnc4cccnn34)cc2NC2COC2)CC1. The number of imidazole rings is 1. The van der Waals surface area contributed by atoms with Gasteiger partial charge in [0.25, 0.3) is 5.91 Å². The predicted octanol–water partition coefficient (Wildman–Crippen LogP) is 2.66. The van der Waals surface area contributed by atoms with E-state index in [1.54, 1.807) is 23.1 Å². The molecule has 3 aromatic heterocycles. The standard InChI is InChI=1S/C24H30N6O3/c1-24(2,32)15-5-7-16(8-6-15)29-23(31)18-11-25-20(10-19(18)28-17-13-33-14-17)21-12-26-22-4-3-9-27-30(21)22/h3-4,9-12,15-17,32H,5-8,13-14H2,1-2H3,(H,25,28)(H,29,31). The summed E-state index contributed by atoms with van der Waals surface area (Å²) in [5.74, 6) is 0.126. The number of anilines is 1. The summed E-state index contributed by atoms with van der Waals surface area (Å²) >= 11 is 0. The van der Waals surface area contributed by atoms with E-state index in [4.69, 9.17) is 4.74 Å². The molecule has 33 heavy (non-hydrogen) atoms. The predicted molar refractivity (Wildman–Crippen MR) is 124 cm³/mol. The van der Waals surface area contributed by atoms with Crippen LogP contribution in [0.25, 0.3) is 17.0 Å². The maximum absolute atomic E-state index is 13.2. The normalized spacial score (nSPS) is 21.5. The van der Waals surface area contributed by atoms with E-state index in [0.717, 1.165) is 42.7 Å². The molecule has 5 rings (SSSR count). The summed E-state index contributed by atoms with van der Waals surface area (Å²) in [6.07, 6.45) is 8.59. The van der Waals surface area contributed by atoms with Crippen molar-refractivity contribution in [3.8, 4) is 11.4 Å². The minimum absolute atomic E-state index is 0.0960. The van der Waals surface area contributed by atoms with Crippen molar-refractivity contribution in [3.05, 3.63) is 42.4 Å². The van der Waals surface area contributed by atoms with E-state index in [0.29, 0.717) is 24.5 Å². The van der Waals surface area contributed by atoms with Crippen molar-refractivity contribution >= 4 is 17.2 Å². The molecule has 2 aliphatic rings. The number of aliphatic hydroxyl groups is 1. The topological polar surface area (TPSA) is 114 Å². The Hall–Kier alpha value is -3.04. The summed E-state index contributed by atoms with van der Waals surface area (Å²) in [6.45, 7) is 4.95. The van der Waals surface area contributed by atoms with Gasteiger partial charge in [0.2, 0.25) is 0 Å². The van der Waals surface area contributed by atoms with Gasteiger partial charge in [0.1, 0.15) is 5.69 Å². The number of carbonyl (C=O) groups excluding carboxylic acids is 1. The number of nitrogens with zero attached hydrogens (tertiary/aromatic N) is 4. The molecule has 9 heteroatoms. The summed E-state index contributed by atoms with van der Waals surface area (Å²) in [5.41, 5.74) is 2.74. The first kappa shape index (κ1) is 21.8. The summed E-state index contributed by atoms with van der Waals surface area (Å²) in [6, 6.07) is 5.87. The number of amides is 1. The first-order valence-electron chi connectivity index (χ1n) is 11.5. The summed E-state index contributed by atoms with van der Waals surface area (Å²) in [7, 11) is 0. The minimum Gasteiger partial charge on any atom is -0.390 e. The fraction of sp³-hybridized carbons (Fsp3) is 0.500. The average molecular weight is 451 g/mol. The van der Waals surface area contributed by atoms with Gasteiger partial charge < -0.3 is 20.5 Å². The van der Waals surface area contributed by atoms with Gasteiger partial charge >= 0.3 is 0 Å². The molecule has 0 aromatic carbocycles. The minimum atomic E-state index is -0.677. The fourth-order valence-corrected chi connectivity index (χ4v) is 4.65. The van der Waals surface area contributed by atoms with Gasteiger partial charge in [0.05, 0.1) is 48.0 Å². The molecule has 4 heterocycles. The average Bonchev–Trinajstić information content (AvgIpc) is 3.20. The van der Waals surface area contributed by atoms with E-state index in [9.17, 15) is 9.90 Å². The third-order valence-electron chi connectivity index (χ3n) is 6.75. The number of nitrogens with one attached hydrogen (secondary N) is 2. The molecular formula is C24H30N6O3. The third kappa shape index (κ3) is 4.56. The number of hydrogen-bond donors (Lipinski definition) is 3. The van der Waals surface area contributed by atoms with E-state index in [2.05, 4.69) is 25.7 Å². The highest BCUT2D eigenvalue weighted by Gasteiger charge is 2.32. The van der Waals surface area contributed by atoms with Gasteiger partial charge in [-0.05, 0) is 63.6 Å². The van der Waals surface area contributed by atoms with Gasteiger partial charge in [0, 0.05) is 18.4 Å². The van der Waals surface area contributed by atoms with Crippen molar-refractivity contribution in [2.24, 2.45) is 5.92 Å². The second-order valence-corrected chi connectivity index (χ2v) is 9.61. The van der Waals surface area contributed by atoms with Crippen LogP contribution in [0.5, 0.6) is 0 Å². The lowest BCUT2D eigenvalue weighted by Gasteiger charge is -2.36. The van der Waals surface area contributed by atoms with Gasteiger partial charge in [-0.2, -0.15) is 5.10 Å². The number of rotatable bonds is 6. The third-order valence-corrected chi connectivity index (χ3v) is 6.75. The van der Waals surface area contributed by atoms with E-state index in [1.807, 2.05) is 32.0 Å². The van der Waals surface area contributed by atoms with Crippen molar-refractivity contribution < 1.29 is 14.6 Å². The fourth-order valence-electron chi connectivity index (χ4n) is 4.65. The molecule has 2 fully saturated rings. The molecule has 0 spiro atoms. The molecule has 1 saturated heterocycles. The van der Waals surface area contributed by atoms with Crippen LogP contribution in [0.4, 0.5) is 5.69 Å². The van der Waals surface area contributed by atoms with E-state index < -0.39 is 5.60 Å². The summed E-state index contributed by atoms with van der Waals surface area (Å²) < 4.78 is 7.04. The lowest BCUT2D eigenvalue weighted by molar-refractivity contribution is -0.00257. The highest BCUT2D eigenvalue weighted by molar-refractivity contribution is 6.00. The first-order valence-corrected chi connectivity index (χ1v) is 11.5. The van der Waals surface area contributed by atoms with Gasteiger partial charge in [-0.1, -0.05) is 0 Å².